The number of aromatic nitrogens is 2. The highest BCUT2D eigenvalue weighted by Gasteiger charge is 2.28. The molecule has 0 aliphatic heterocycles. The number of alkyl carbamates (subject to hydrolysis) is 1. The Morgan fingerprint density at radius 2 is 1.78 bits per heavy atom. The second kappa shape index (κ2) is 10.9. The predicted octanol–water partition coefficient (Wildman–Crippen LogP) is 6.12. The maximum absolute atomic E-state index is 12.8. The molecule has 2 aromatic carbocycles. The zero-order valence-electron chi connectivity index (χ0n) is 21.9. The number of nitrogens with zero attached hydrogens (tertiary/aromatic N) is 2. The van der Waals surface area contributed by atoms with Crippen LogP contribution in [0.25, 0.3) is 10.9 Å². The first-order valence-electron chi connectivity index (χ1n) is 12.4. The van der Waals surface area contributed by atoms with Crippen LogP contribution in [-0.2, 0) is 29.0 Å². The average molecular weight is 504 g/mol. The van der Waals surface area contributed by atoms with Gasteiger partial charge in [-0.3, -0.25) is 0 Å². The summed E-state index contributed by atoms with van der Waals surface area (Å²) in [5, 5.41) is 3.96. The lowest BCUT2D eigenvalue weighted by Gasteiger charge is -2.22. The summed E-state index contributed by atoms with van der Waals surface area (Å²) < 4.78 is 19.0. The van der Waals surface area contributed by atoms with E-state index in [9.17, 15) is 9.59 Å². The molecule has 8 nitrogen and oxygen atoms in total. The summed E-state index contributed by atoms with van der Waals surface area (Å²) in [6.07, 6.45) is 1.87. The van der Waals surface area contributed by atoms with Crippen molar-refractivity contribution < 1.29 is 23.5 Å². The Morgan fingerprint density at radius 3 is 2.49 bits per heavy atom. The van der Waals surface area contributed by atoms with Crippen molar-refractivity contribution in [3.63, 3.8) is 0 Å². The number of nitrogens with one attached hydrogen (secondary N) is 1. The van der Waals surface area contributed by atoms with Gasteiger partial charge in [-0.1, -0.05) is 48.5 Å². The van der Waals surface area contributed by atoms with Crippen LogP contribution in [0.5, 0.6) is 0 Å². The van der Waals surface area contributed by atoms with Crippen molar-refractivity contribution in [1.82, 2.24) is 14.9 Å². The van der Waals surface area contributed by atoms with E-state index in [2.05, 4.69) is 40.1 Å². The molecule has 0 saturated carbocycles. The van der Waals surface area contributed by atoms with Gasteiger partial charge < -0.3 is 23.8 Å². The molecule has 0 radical (unpaired) electrons. The monoisotopic (exact) mass is 503 g/mol. The highest BCUT2D eigenvalue weighted by Crippen LogP contribution is 2.28. The number of fused-ring (bicyclic) bond motifs is 1. The number of carbonyl (C=O) groups excluding carboxylic acids is 2. The number of amides is 1. The molecular formula is C29H33N3O5. The Morgan fingerprint density at radius 1 is 1.08 bits per heavy atom. The normalized spacial score (nSPS) is 12.4. The fraction of sp³-hybridized carbons (Fsp3) is 0.345. The number of esters is 1. The van der Waals surface area contributed by atoms with Crippen molar-refractivity contribution in [2.75, 3.05) is 0 Å². The smallest absolute Gasteiger partial charge is 0.408 e. The maximum Gasteiger partial charge on any atom is 0.408 e. The number of aryl methyl sites for hydroxylation is 2. The van der Waals surface area contributed by atoms with E-state index >= 15 is 0 Å². The van der Waals surface area contributed by atoms with Crippen LogP contribution in [0.2, 0.25) is 0 Å². The number of para-hydroxylation sites is 1. The largest absolute Gasteiger partial charge is 0.456 e. The van der Waals surface area contributed by atoms with Gasteiger partial charge in [-0.15, -0.1) is 0 Å². The third-order valence-electron chi connectivity index (χ3n) is 5.84. The van der Waals surface area contributed by atoms with Gasteiger partial charge in [0.25, 0.3) is 0 Å². The van der Waals surface area contributed by atoms with Crippen LogP contribution in [0, 0.1) is 6.92 Å². The van der Waals surface area contributed by atoms with Crippen molar-refractivity contribution in [3.8, 4) is 0 Å². The first-order valence-corrected chi connectivity index (χ1v) is 12.4. The van der Waals surface area contributed by atoms with Crippen molar-refractivity contribution in [3.05, 3.63) is 89.3 Å². The van der Waals surface area contributed by atoms with Gasteiger partial charge in [0.2, 0.25) is 5.89 Å². The van der Waals surface area contributed by atoms with E-state index in [0.29, 0.717) is 12.2 Å². The van der Waals surface area contributed by atoms with E-state index in [1.54, 1.807) is 27.7 Å². The van der Waals surface area contributed by atoms with Crippen molar-refractivity contribution in [2.24, 2.45) is 0 Å². The number of carbonyl (C=O) groups is 2. The van der Waals surface area contributed by atoms with Crippen molar-refractivity contribution >= 4 is 23.0 Å². The number of rotatable bonds is 8. The summed E-state index contributed by atoms with van der Waals surface area (Å²) in [5.41, 5.74) is 2.39. The standard InChI is InChI=1S/C29H33N3O5/c1-6-32-17-21(22-14-10-11-15-24(22)32)16-23(30-28(34)37-29(3,4)5)26-31-25(19(2)36-26)27(33)35-18-20-12-8-7-9-13-20/h7-15,17,23H,6,16,18H2,1-5H3,(H,30,34)/t23-/m1/s1. The molecule has 4 rings (SSSR count). The van der Waals surface area contributed by atoms with Gasteiger partial charge in [0.15, 0.2) is 5.69 Å². The number of hydrogen-bond acceptors (Lipinski definition) is 6. The lowest BCUT2D eigenvalue weighted by Crippen LogP contribution is -2.36. The quantitative estimate of drug-likeness (QED) is 0.291. The molecule has 1 atom stereocenters. The Labute approximate surface area is 216 Å². The van der Waals surface area contributed by atoms with Crippen LogP contribution in [0.1, 0.15) is 67.0 Å². The van der Waals surface area contributed by atoms with E-state index in [-0.39, 0.29) is 18.2 Å². The van der Waals surface area contributed by atoms with Gasteiger partial charge in [-0.05, 0) is 51.8 Å². The van der Waals surface area contributed by atoms with E-state index in [0.717, 1.165) is 28.6 Å². The molecular weight excluding hydrogens is 470 g/mol. The fourth-order valence-corrected chi connectivity index (χ4v) is 4.16. The second-order valence-electron chi connectivity index (χ2n) is 9.88. The molecule has 1 amide bonds. The molecule has 0 aliphatic rings. The first-order chi connectivity index (χ1) is 17.6. The summed E-state index contributed by atoms with van der Waals surface area (Å²) in [4.78, 5) is 30.0. The number of benzene rings is 2. The van der Waals surface area contributed by atoms with E-state index in [1.807, 2.05) is 42.5 Å². The minimum atomic E-state index is -0.675. The number of oxazole rings is 1. The molecule has 0 aliphatic carbocycles. The number of hydrogen-bond donors (Lipinski definition) is 1. The third-order valence-corrected chi connectivity index (χ3v) is 5.84. The van der Waals surface area contributed by atoms with Crippen LogP contribution < -0.4 is 5.32 Å². The molecule has 4 aromatic rings. The van der Waals surface area contributed by atoms with Crippen LogP contribution >= 0.6 is 0 Å². The van der Waals surface area contributed by atoms with Gasteiger partial charge in [0.1, 0.15) is 24.0 Å². The van der Waals surface area contributed by atoms with Crippen molar-refractivity contribution in [2.45, 2.75) is 65.8 Å². The molecule has 0 spiro atoms. The van der Waals surface area contributed by atoms with Crippen LogP contribution in [0.4, 0.5) is 4.79 Å². The minimum Gasteiger partial charge on any atom is -0.456 e. The Hall–Kier alpha value is -4.07. The Bertz CT molecular complexity index is 1380. The van der Waals surface area contributed by atoms with E-state index < -0.39 is 23.7 Å². The minimum absolute atomic E-state index is 0.0814. The zero-order chi connectivity index (χ0) is 26.6. The summed E-state index contributed by atoms with van der Waals surface area (Å²) in [5.74, 6) is -0.0571. The summed E-state index contributed by atoms with van der Waals surface area (Å²) in [6.45, 7) is 10.1. The Kier molecular flexibility index (Phi) is 7.66. The average Bonchev–Trinajstić information content (AvgIpc) is 3.42. The molecule has 37 heavy (non-hydrogen) atoms. The second-order valence-corrected chi connectivity index (χ2v) is 9.88. The van der Waals surface area contributed by atoms with Gasteiger partial charge >= 0.3 is 12.1 Å². The van der Waals surface area contributed by atoms with Gasteiger partial charge in [-0.25, -0.2) is 14.6 Å². The van der Waals surface area contributed by atoms with Crippen molar-refractivity contribution in [1.29, 1.82) is 0 Å². The van der Waals surface area contributed by atoms with Gasteiger partial charge in [0.05, 0.1) is 0 Å². The van der Waals surface area contributed by atoms with E-state index in [1.165, 1.54) is 0 Å². The van der Waals surface area contributed by atoms with E-state index in [4.69, 9.17) is 13.9 Å². The van der Waals surface area contributed by atoms with Crippen LogP contribution in [0.15, 0.2) is 65.2 Å². The lowest BCUT2D eigenvalue weighted by molar-refractivity contribution is 0.0463. The molecule has 1 N–H and O–H groups in total. The van der Waals surface area contributed by atoms with Crippen LogP contribution in [0.3, 0.4) is 0 Å². The summed E-state index contributed by atoms with van der Waals surface area (Å²) in [6, 6.07) is 16.8. The molecule has 0 bridgehead atoms. The molecule has 0 fully saturated rings. The highest BCUT2D eigenvalue weighted by atomic mass is 16.6. The summed E-state index contributed by atoms with van der Waals surface area (Å²) in [7, 11) is 0. The predicted molar refractivity (Wildman–Crippen MR) is 140 cm³/mol. The maximum atomic E-state index is 12.8. The molecule has 8 heteroatoms. The lowest BCUT2D eigenvalue weighted by atomic mass is 10.0. The third kappa shape index (κ3) is 6.39. The Balaban J connectivity index is 1.61. The van der Waals surface area contributed by atoms with Gasteiger partial charge in [-0.2, -0.15) is 0 Å². The molecule has 194 valence electrons. The summed E-state index contributed by atoms with van der Waals surface area (Å²) >= 11 is 0. The molecule has 2 heterocycles. The SMILES string of the molecule is CCn1cc(C[C@@H](NC(=O)OC(C)(C)C)c2nc(C(=O)OCc3ccccc3)c(C)o2)c2ccccc21. The molecule has 2 aromatic heterocycles. The molecule has 0 saturated heterocycles. The fourth-order valence-electron chi connectivity index (χ4n) is 4.16. The number of ether oxygens (including phenoxy) is 2. The molecule has 0 unspecified atom stereocenters. The first kappa shape index (κ1) is 26.0. The van der Waals surface area contributed by atoms with Gasteiger partial charge in [0, 0.05) is 30.1 Å². The zero-order valence-corrected chi connectivity index (χ0v) is 21.9. The highest BCUT2D eigenvalue weighted by molar-refractivity contribution is 5.88. The topological polar surface area (TPSA) is 95.6 Å². The van der Waals surface area contributed by atoms with Crippen LogP contribution in [-0.4, -0.2) is 27.2 Å².